The molecule has 3 nitrogen and oxygen atoms in total. The van der Waals surface area contributed by atoms with Crippen molar-refractivity contribution in [3.8, 4) is 0 Å². The molecule has 0 saturated carbocycles. The number of hydrogen-bond donors (Lipinski definition) is 2. The third-order valence-corrected chi connectivity index (χ3v) is 2.37. The first-order valence-corrected chi connectivity index (χ1v) is 4.39. The highest BCUT2D eigenvalue weighted by Crippen LogP contribution is 2.33. The predicted octanol–water partition coefficient (Wildman–Crippen LogP) is 0.543. The average molecular weight is 174 g/mol. The smallest absolute Gasteiger partial charge is 0.107 e. The highest BCUT2D eigenvalue weighted by atomic mass is 16.5. The minimum absolute atomic E-state index is 0.0465. The summed E-state index contributed by atoms with van der Waals surface area (Å²) >= 11 is 0. The van der Waals surface area contributed by atoms with Crippen molar-refractivity contribution in [2.24, 2.45) is 5.41 Å². The third-order valence-electron chi connectivity index (χ3n) is 2.37. The van der Waals surface area contributed by atoms with Crippen LogP contribution in [-0.2, 0) is 4.74 Å². The second-order valence-electron chi connectivity index (χ2n) is 4.51. The lowest BCUT2D eigenvalue weighted by Crippen LogP contribution is -2.27. The van der Waals surface area contributed by atoms with Crippen molar-refractivity contribution in [1.82, 2.24) is 0 Å². The number of hydrogen-bond acceptors (Lipinski definition) is 3. The van der Waals surface area contributed by atoms with Crippen molar-refractivity contribution < 1.29 is 14.9 Å². The Bertz CT molecular complexity index is 150. The largest absolute Gasteiger partial charge is 0.394 e. The Labute approximate surface area is 73.4 Å². The van der Waals surface area contributed by atoms with E-state index in [0.717, 1.165) is 0 Å². The van der Waals surface area contributed by atoms with Crippen LogP contribution in [0.25, 0.3) is 0 Å². The van der Waals surface area contributed by atoms with Crippen LogP contribution in [0.2, 0.25) is 0 Å². The summed E-state index contributed by atoms with van der Waals surface area (Å²) in [6.07, 6.45) is -0.188. The van der Waals surface area contributed by atoms with Gasteiger partial charge >= 0.3 is 0 Å². The highest BCUT2D eigenvalue weighted by Gasteiger charge is 2.39. The molecule has 0 spiro atoms. The lowest BCUT2D eigenvalue weighted by molar-refractivity contribution is -0.0526. The Morgan fingerprint density at radius 3 is 2.25 bits per heavy atom. The maximum Gasteiger partial charge on any atom is 0.107 e. The van der Waals surface area contributed by atoms with E-state index in [9.17, 15) is 5.11 Å². The van der Waals surface area contributed by atoms with E-state index in [-0.39, 0.29) is 24.2 Å². The fourth-order valence-corrected chi connectivity index (χ4v) is 1.45. The summed E-state index contributed by atoms with van der Waals surface area (Å²) in [5.41, 5.74) is 0.0465. The van der Waals surface area contributed by atoms with Gasteiger partial charge in [0.05, 0.1) is 18.8 Å². The van der Waals surface area contributed by atoms with Gasteiger partial charge in [0.2, 0.25) is 0 Å². The first kappa shape index (κ1) is 9.96. The lowest BCUT2D eigenvalue weighted by atomic mass is 9.87. The molecule has 0 aliphatic carbocycles. The summed E-state index contributed by atoms with van der Waals surface area (Å²) in [6.45, 7) is 6.13. The molecular weight excluding hydrogens is 156 g/mol. The van der Waals surface area contributed by atoms with Crippen molar-refractivity contribution in [2.45, 2.75) is 45.5 Å². The third kappa shape index (κ3) is 1.97. The van der Waals surface area contributed by atoms with Gasteiger partial charge in [-0.2, -0.15) is 0 Å². The van der Waals surface area contributed by atoms with E-state index in [1.165, 1.54) is 0 Å². The minimum Gasteiger partial charge on any atom is -0.394 e. The summed E-state index contributed by atoms with van der Waals surface area (Å²) in [5.74, 6) is 0. The molecule has 0 aromatic carbocycles. The summed E-state index contributed by atoms with van der Waals surface area (Å²) < 4.78 is 5.49. The van der Waals surface area contributed by atoms with Crippen molar-refractivity contribution >= 4 is 0 Å². The standard InChI is InChI=1S/C9H18O3/c1-9(2,3)8-4-6(11)7(5-10)12-8/h6-8,10-11H,4-5H2,1-3H3/t6-,7+,8+/m0/s1. The second kappa shape index (κ2) is 3.32. The molecule has 3 heteroatoms. The molecule has 1 aliphatic rings. The van der Waals surface area contributed by atoms with Crippen LogP contribution < -0.4 is 0 Å². The summed E-state index contributed by atoms with van der Waals surface area (Å²) in [6, 6.07) is 0. The zero-order chi connectivity index (χ0) is 9.35. The van der Waals surface area contributed by atoms with Crippen LogP contribution >= 0.6 is 0 Å². The van der Waals surface area contributed by atoms with Gasteiger partial charge in [-0.05, 0) is 5.41 Å². The predicted molar refractivity (Wildman–Crippen MR) is 45.8 cm³/mol. The average Bonchev–Trinajstić information content (AvgIpc) is 2.29. The van der Waals surface area contributed by atoms with Crippen LogP contribution in [0.15, 0.2) is 0 Å². The molecule has 1 aliphatic heterocycles. The number of aliphatic hydroxyl groups is 2. The number of rotatable bonds is 1. The molecule has 12 heavy (non-hydrogen) atoms. The molecule has 1 saturated heterocycles. The molecule has 1 rings (SSSR count). The number of aliphatic hydroxyl groups excluding tert-OH is 2. The molecule has 0 radical (unpaired) electrons. The van der Waals surface area contributed by atoms with Crippen LogP contribution in [0.1, 0.15) is 27.2 Å². The van der Waals surface area contributed by atoms with Crippen LogP contribution in [0, 0.1) is 5.41 Å². The summed E-state index contributed by atoms with van der Waals surface area (Å²) in [4.78, 5) is 0. The number of ether oxygens (including phenoxy) is 1. The van der Waals surface area contributed by atoms with E-state index in [2.05, 4.69) is 20.8 Å². The SMILES string of the molecule is CC(C)(C)[C@H]1C[C@H](O)[C@@H](CO)O1. The van der Waals surface area contributed by atoms with E-state index in [4.69, 9.17) is 9.84 Å². The molecule has 0 unspecified atom stereocenters. The summed E-state index contributed by atoms with van der Waals surface area (Å²) in [5, 5.41) is 18.3. The normalized spacial score (nSPS) is 37.2. The van der Waals surface area contributed by atoms with Gasteiger partial charge in [-0.25, -0.2) is 0 Å². The first-order chi connectivity index (χ1) is 5.45. The minimum atomic E-state index is -0.501. The topological polar surface area (TPSA) is 49.7 Å². The van der Waals surface area contributed by atoms with Gasteiger partial charge in [-0.1, -0.05) is 20.8 Å². The van der Waals surface area contributed by atoms with E-state index >= 15 is 0 Å². The van der Waals surface area contributed by atoms with Crippen molar-refractivity contribution in [3.63, 3.8) is 0 Å². The fourth-order valence-electron chi connectivity index (χ4n) is 1.45. The van der Waals surface area contributed by atoms with E-state index in [1.54, 1.807) is 0 Å². The maximum absolute atomic E-state index is 9.44. The monoisotopic (exact) mass is 174 g/mol. The molecule has 0 aromatic rings. The molecule has 0 amide bonds. The fraction of sp³-hybridized carbons (Fsp3) is 1.00. The van der Waals surface area contributed by atoms with Crippen LogP contribution in [0.5, 0.6) is 0 Å². The van der Waals surface area contributed by atoms with Gasteiger partial charge in [0.15, 0.2) is 0 Å². The zero-order valence-electron chi connectivity index (χ0n) is 7.95. The van der Waals surface area contributed by atoms with Crippen LogP contribution in [0.4, 0.5) is 0 Å². The van der Waals surface area contributed by atoms with E-state index in [1.807, 2.05) is 0 Å². The summed E-state index contributed by atoms with van der Waals surface area (Å²) in [7, 11) is 0. The molecule has 72 valence electrons. The molecule has 3 atom stereocenters. The van der Waals surface area contributed by atoms with Gasteiger partial charge in [0.1, 0.15) is 6.10 Å². The quantitative estimate of drug-likeness (QED) is 0.610. The van der Waals surface area contributed by atoms with Crippen molar-refractivity contribution in [1.29, 1.82) is 0 Å². The highest BCUT2D eigenvalue weighted by molar-refractivity contribution is 4.87. The van der Waals surface area contributed by atoms with Crippen molar-refractivity contribution in [3.05, 3.63) is 0 Å². The Morgan fingerprint density at radius 1 is 1.42 bits per heavy atom. The lowest BCUT2D eigenvalue weighted by Gasteiger charge is -2.26. The molecule has 0 aromatic heterocycles. The second-order valence-corrected chi connectivity index (χ2v) is 4.51. The van der Waals surface area contributed by atoms with Gasteiger partial charge < -0.3 is 14.9 Å². The molecule has 1 fully saturated rings. The Balaban J connectivity index is 2.54. The van der Waals surface area contributed by atoms with Gasteiger partial charge in [-0.3, -0.25) is 0 Å². The Kier molecular flexibility index (Phi) is 2.76. The molecule has 0 bridgehead atoms. The van der Waals surface area contributed by atoms with E-state index in [0.29, 0.717) is 6.42 Å². The van der Waals surface area contributed by atoms with Crippen LogP contribution in [-0.4, -0.2) is 35.1 Å². The van der Waals surface area contributed by atoms with Gasteiger partial charge in [-0.15, -0.1) is 0 Å². The molecular formula is C9H18O3. The first-order valence-electron chi connectivity index (χ1n) is 4.39. The maximum atomic E-state index is 9.44. The van der Waals surface area contributed by atoms with Gasteiger partial charge in [0.25, 0.3) is 0 Å². The Hall–Kier alpha value is -0.120. The zero-order valence-corrected chi connectivity index (χ0v) is 7.95. The van der Waals surface area contributed by atoms with Gasteiger partial charge in [0, 0.05) is 6.42 Å². The van der Waals surface area contributed by atoms with E-state index < -0.39 is 6.10 Å². The Morgan fingerprint density at radius 2 is 2.00 bits per heavy atom. The molecule has 2 N–H and O–H groups in total. The van der Waals surface area contributed by atoms with Crippen molar-refractivity contribution in [2.75, 3.05) is 6.61 Å². The molecule has 1 heterocycles. The van der Waals surface area contributed by atoms with Crippen LogP contribution in [0.3, 0.4) is 0 Å².